The van der Waals surface area contributed by atoms with Crippen LogP contribution in [0, 0.1) is 5.92 Å². The largest absolute Gasteiger partial charge is 0.416 e. The van der Waals surface area contributed by atoms with E-state index in [1.54, 1.807) is 6.33 Å². The lowest BCUT2D eigenvalue weighted by Crippen LogP contribution is -2.52. The van der Waals surface area contributed by atoms with Gasteiger partial charge in [0, 0.05) is 11.0 Å². The van der Waals surface area contributed by atoms with E-state index in [1.165, 1.54) is 10.3 Å². The molecule has 1 aliphatic heterocycles. The summed E-state index contributed by atoms with van der Waals surface area (Å²) in [7, 11) is 0. The molecule has 1 aromatic heterocycles. The highest BCUT2D eigenvalue weighted by atomic mass is 35.5. The van der Waals surface area contributed by atoms with Crippen LogP contribution in [0.15, 0.2) is 42.3 Å². The van der Waals surface area contributed by atoms with Gasteiger partial charge in [-0.25, -0.2) is 4.57 Å². The van der Waals surface area contributed by atoms with Gasteiger partial charge in [-0.3, -0.25) is 0 Å². The Labute approximate surface area is 168 Å². The van der Waals surface area contributed by atoms with Crippen molar-refractivity contribution in [2.45, 2.75) is 37.8 Å². The molecule has 3 atom stereocenters. The normalized spacial score (nSPS) is 25.9. The summed E-state index contributed by atoms with van der Waals surface area (Å²) in [6.45, 7) is 0.331. The monoisotopic (exact) mass is 428 g/mol. The fraction of sp³-hybridized carbons (Fsp3) is 0.368. The first-order chi connectivity index (χ1) is 13.3. The molecule has 1 fully saturated rings. The second kappa shape index (κ2) is 6.34. The molecule has 1 saturated carbocycles. The number of alkyl halides is 3. The average Bonchev–Trinajstić information content (AvgIpc) is 3.20. The first-order valence-electron chi connectivity index (χ1n) is 8.86. The summed E-state index contributed by atoms with van der Waals surface area (Å²) in [5.74, 6) is 1.03. The summed E-state index contributed by atoms with van der Waals surface area (Å²) >= 11 is 12.3. The minimum absolute atomic E-state index is 0.0600. The van der Waals surface area contributed by atoms with E-state index in [0.717, 1.165) is 25.0 Å². The van der Waals surface area contributed by atoms with Crippen LogP contribution in [-0.2, 0) is 17.5 Å². The van der Waals surface area contributed by atoms with Crippen LogP contribution in [0.5, 0.6) is 0 Å². The number of allylic oxidation sites excluding steroid dienone is 3. The van der Waals surface area contributed by atoms with E-state index in [9.17, 15) is 13.2 Å². The number of ether oxygens (including phenoxy) is 1. The highest BCUT2D eigenvalue weighted by Gasteiger charge is 2.48. The maximum atomic E-state index is 13.0. The van der Waals surface area contributed by atoms with Crippen molar-refractivity contribution in [2.24, 2.45) is 5.92 Å². The van der Waals surface area contributed by atoms with Gasteiger partial charge in [0.2, 0.25) is 6.33 Å². The van der Waals surface area contributed by atoms with Crippen molar-refractivity contribution < 1.29 is 22.5 Å². The van der Waals surface area contributed by atoms with Gasteiger partial charge in [-0.2, -0.15) is 13.2 Å². The fourth-order valence-electron chi connectivity index (χ4n) is 4.39. The Morgan fingerprint density at radius 3 is 2.68 bits per heavy atom. The summed E-state index contributed by atoms with van der Waals surface area (Å²) in [6.07, 6.45) is 5.45. The summed E-state index contributed by atoms with van der Waals surface area (Å²) in [6, 6.07) is 1.84. The molecule has 0 radical (unpaired) electrons. The highest BCUT2D eigenvalue weighted by molar-refractivity contribution is 6.37. The van der Waals surface area contributed by atoms with E-state index in [2.05, 4.69) is 27.9 Å². The molecule has 0 spiro atoms. The molecule has 146 valence electrons. The zero-order chi connectivity index (χ0) is 19.6. The van der Waals surface area contributed by atoms with Crippen molar-refractivity contribution >= 4 is 23.2 Å². The molecule has 5 rings (SSSR count). The summed E-state index contributed by atoms with van der Waals surface area (Å²) in [5.41, 5.74) is 0.696. The maximum absolute atomic E-state index is 13.0. The smallest absolute Gasteiger partial charge is 0.363 e. The molecule has 0 amide bonds. The van der Waals surface area contributed by atoms with Gasteiger partial charge in [0.15, 0.2) is 5.69 Å². The Morgan fingerprint density at radius 2 is 1.96 bits per heavy atom. The van der Waals surface area contributed by atoms with Crippen molar-refractivity contribution in [3.63, 3.8) is 0 Å². The van der Waals surface area contributed by atoms with Gasteiger partial charge in [0.05, 0.1) is 21.7 Å². The lowest BCUT2D eigenvalue weighted by molar-refractivity contribution is -0.752. The molecule has 3 aliphatic rings. The third-order valence-corrected chi connectivity index (χ3v) is 6.19. The molecule has 1 aromatic carbocycles. The third-order valence-electron chi connectivity index (χ3n) is 5.62. The van der Waals surface area contributed by atoms with Gasteiger partial charge >= 0.3 is 12.0 Å². The summed E-state index contributed by atoms with van der Waals surface area (Å²) in [5, 5.41) is 4.29. The summed E-state index contributed by atoms with van der Waals surface area (Å²) in [4.78, 5) is 0. The molecule has 0 bridgehead atoms. The molecule has 2 heterocycles. The van der Waals surface area contributed by atoms with Crippen molar-refractivity contribution in [1.82, 2.24) is 9.78 Å². The van der Waals surface area contributed by atoms with Crippen LogP contribution in [0.3, 0.4) is 0 Å². The molecule has 0 saturated heterocycles. The van der Waals surface area contributed by atoms with Crippen molar-refractivity contribution in [2.75, 3.05) is 0 Å². The standard InChI is InChI=1S/C19H15Cl2F3N3O/c20-13-6-11(19(22,23)24)7-14(21)18(13)27-9-26-16(25-27)8-28-15-5-10-3-1-2-4-12(10)17(15)26/h1-3,6-7,9,12,15,17H,4-5,8H2/q+1/t12?,15-,17+/m0/s1. The predicted octanol–water partition coefficient (Wildman–Crippen LogP) is 4.83. The number of hydrogen-bond donors (Lipinski definition) is 0. The molecular weight excluding hydrogens is 414 g/mol. The van der Waals surface area contributed by atoms with Crippen molar-refractivity contribution in [1.29, 1.82) is 0 Å². The second-order valence-corrected chi connectivity index (χ2v) is 8.04. The lowest BCUT2D eigenvalue weighted by Gasteiger charge is -2.26. The Bertz CT molecular complexity index is 1000. The SMILES string of the molecule is FC(F)(F)c1cc(Cl)c(-n2c[n+]3c(n2)CO[C@H]2CC4=CC=CCC4[C@H]23)c(Cl)c1. The zero-order valence-corrected chi connectivity index (χ0v) is 16.0. The minimum atomic E-state index is -4.52. The Balaban J connectivity index is 1.57. The molecule has 2 aromatic rings. The van der Waals surface area contributed by atoms with Gasteiger partial charge in [-0.1, -0.05) is 51.7 Å². The van der Waals surface area contributed by atoms with Gasteiger partial charge in [0.1, 0.15) is 12.6 Å². The van der Waals surface area contributed by atoms with Crippen LogP contribution < -0.4 is 4.57 Å². The first-order valence-corrected chi connectivity index (χ1v) is 9.62. The molecule has 1 unspecified atom stereocenters. The maximum Gasteiger partial charge on any atom is 0.416 e. The first kappa shape index (κ1) is 18.2. The Morgan fingerprint density at radius 1 is 1.21 bits per heavy atom. The van der Waals surface area contributed by atoms with E-state index < -0.39 is 11.7 Å². The number of aromatic nitrogens is 3. The van der Waals surface area contributed by atoms with E-state index in [0.29, 0.717) is 18.3 Å². The number of benzene rings is 1. The van der Waals surface area contributed by atoms with Gasteiger partial charge in [0.25, 0.3) is 0 Å². The topological polar surface area (TPSA) is 30.9 Å². The van der Waals surface area contributed by atoms with E-state index in [-0.39, 0.29) is 27.9 Å². The zero-order valence-electron chi connectivity index (χ0n) is 14.5. The van der Waals surface area contributed by atoms with Crippen LogP contribution in [0.4, 0.5) is 13.2 Å². The molecule has 28 heavy (non-hydrogen) atoms. The van der Waals surface area contributed by atoms with Crippen LogP contribution in [0.25, 0.3) is 5.69 Å². The van der Waals surface area contributed by atoms with Gasteiger partial charge < -0.3 is 4.74 Å². The van der Waals surface area contributed by atoms with Crippen molar-refractivity contribution in [3.8, 4) is 5.69 Å². The molecule has 9 heteroatoms. The average molecular weight is 429 g/mol. The highest BCUT2D eigenvalue weighted by Crippen LogP contribution is 2.45. The summed E-state index contributed by atoms with van der Waals surface area (Å²) < 4.78 is 48.5. The number of nitrogens with zero attached hydrogens (tertiary/aromatic N) is 3. The Hall–Kier alpha value is -1.83. The van der Waals surface area contributed by atoms with Gasteiger partial charge in [-0.15, -0.1) is 0 Å². The van der Waals surface area contributed by atoms with Crippen LogP contribution in [0.1, 0.15) is 30.3 Å². The fourth-order valence-corrected chi connectivity index (χ4v) is 5.05. The van der Waals surface area contributed by atoms with Crippen molar-refractivity contribution in [3.05, 3.63) is 63.7 Å². The van der Waals surface area contributed by atoms with E-state index >= 15 is 0 Å². The minimum Gasteiger partial charge on any atom is -0.363 e. The molecule has 0 N–H and O–H groups in total. The second-order valence-electron chi connectivity index (χ2n) is 7.23. The molecule has 4 nitrogen and oxygen atoms in total. The van der Waals surface area contributed by atoms with Gasteiger partial charge in [-0.05, 0) is 25.0 Å². The predicted molar refractivity (Wildman–Crippen MR) is 96.3 cm³/mol. The lowest BCUT2D eigenvalue weighted by atomic mass is 9.91. The number of halogens is 5. The van der Waals surface area contributed by atoms with Crippen LogP contribution in [0.2, 0.25) is 10.0 Å². The Kier molecular flexibility index (Phi) is 4.12. The quantitative estimate of drug-likeness (QED) is 0.608. The number of fused-ring (bicyclic) bond motifs is 5. The molecule has 2 aliphatic carbocycles. The number of hydrogen-bond acceptors (Lipinski definition) is 2. The van der Waals surface area contributed by atoms with E-state index in [4.69, 9.17) is 27.9 Å². The van der Waals surface area contributed by atoms with Crippen LogP contribution in [-0.4, -0.2) is 15.9 Å². The van der Waals surface area contributed by atoms with E-state index in [1.807, 2.05) is 0 Å². The molecular formula is C19H15Cl2F3N3O+. The van der Waals surface area contributed by atoms with Crippen LogP contribution >= 0.6 is 23.2 Å². The number of rotatable bonds is 1. The third kappa shape index (κ3) is 2.79.